The molecule has 0 N–H and O–H groups in total. The summed E-state index contributed by atoms with van der Waals surface area (Å²) in [6.45, 7) is 0. The lowest BCUT2D eigenvalue weighted by Gasteiger charge is -2.37. The normalized spacial score (nSPS) is 15.0. The highest BCUT2D eigenvalue weighted by Gasteiger charge is 2.39. The predicted octanol–water partition coefficient (Wildman–Crippen LogP) is 9.81. The Bertz CT molecular complexity index is 2600. The lowest BCUT2D eigenvalue weighted by atomic mass is 9.81. The van der Waals surface area contributed by atoms with Gasteiger partial charge in [0.1, 0.15) is 5.75 Å². The molecule has 7 aromatic carbocycles. The number of Topliss-reactive ketones (excluding diaryl/α,β-unsaturated/α-hetero) is 1. The highest BCUT2D eigenvalue weighted by atomic mass is 16.5. The topological polar surface area (TPSA) is 26.3 Å². The van der Waals surface area contributed by atoms with Gasteiger partial charge in [0, 0.05) is 33.4 Å². The molecule has 1 aliphatic carbocycles. The highest BCUT2D eigenvalue weighted by Crippen LogP contribution is 2.47. The van der Waals surface area contributed by atoms with Crippen molar-refractivity contribution in [2.24, 2.45) is 0 Å². The van der Waals surface area contributed by atoms with Crippen LogP contribution in [0, 0.1) is 0 Å². The fourth-order valence-electron chi connectivity index (χ4n) is 7.57. The molecule has 2 aliphatic rings. The SMILES string of the molecule is O=C1C(c2c3c(cc4ccccc24)C=CC(c2ccccc2)(c2ccccc2)O3)=c2ccccc2=C/C1=C\C=C(c1ccccc1)c1ccccc1. The summed E-state index contributed by atoms with van der Waals surface area (Å²) in [5.41, 5.74) is 7.32. The summed E-state index contributed by atoms with van der Waals surface area (Å²) < 4.78 is 7.40. The van der Waals surface area contributed by atoms with E-state index in [4.69, 9.17) is 4.74 Å². The smallest absolute Gasteiger partial charge is 0.194 e. The van der Waals surface area contributed by atoms with Gasteiger partial charge < -0.3 is 4.74 Å². The number of allylic oxidation sites excluding steroid dienone is 3. The Morgan fingerprint density at radius 2 is 1.15 bits per heavy atom. The third kappa shape index (κ3) is 5.42. The van der Waals surface area contributed by atoms with Crippen LogP contribution in [0.1, 0.15) is 33.4 Å². The molecular weight excluding hydrogens is 633 g/mol. The van der Waals surface area contributed by atoms with E-state index < -0.39 is 5.60 Å². The van der Waals surface area contributed by atoms with Crippen LogP contribution in [0.2, 0.25) is 0 Å². The van der Waals surface area contributed by atoms with Gasteiger partial charge in [-0.25, -0.2) is 0 Å². The number of fused-ring (bicyclic) bond motifs is 3. The van der Waals surface area contributed by atoms with Crippen molar-refractivity contribution in [2.45, 2.75) is 5.60 Å². The minimum atomic E-state index is -0.904. The Balaban J connectivity index is 1.29. The van der Waals surface area contributed by atoms with Crippen molar-refractivity contribution < 1.29 is 9.53 Å². The highest BCUT2D eigenvalue weighted by molar-refractivity contribution is 6.35. The molecule has 0 saturated carbocycles. The molecule has 1 heterocycles. The summed E-state index contributed by atoms with van der Waals surface area (Å²) in [5.74, 6) is 0.648. The van der Waals surface area contributed by atoms with Gasteiger partial charge in [-0.15, -0.1) is 0 Å². The van der Waals surface area contributed by atoms with Crippen LogP contribution in [0.15, 0.2) is 200 Å². The largest absolute Gasteiger partial charge is 0.472 e. The van der Waals surface area contributed by atoms with Crippen molar-refractivity contribution in [2.75, 3.05) is 0 Å². The van der Waals surface area contributed by atoms with E-state index in [-0.39, 0.29) is 5.78 Å². The second-order valence-corrected chi connectivity index (χ2v) is 13.2. The third-order valence-electron chi connectivity index (χ3n) is 10.1. The first-order valence-corrected chi connectivity index (χ1v) is 17.6. The van der Waals surface area contributed by atoms with E-state index in [0.717, 1.165) is 60.2 Å². The molecule has 246 valence electrons. The molecule has 2 nitrogen and oxygen atoms in total. The maximum Gasteiger partial charge on any atom is 0.194 e. The summed E-state index contributed by atoms with van der Waals surface area (Å²) in [6, 6.07) is 60.0. The Morgan fingerprint density at radius 1 is 0.596 bits per heavy atom. The van der Waals surface area contributed by atoms with Crippen molar-refractivity contribution >= 4 is 39.9 Å². The van der Waals surface area contributed by atoms with E-state index in [9.17, 15) is 0 Å². The average Bonchev–Trinajstić information content (AvgIpc) is 3.22. The number of rotatable bonds is 6. The zero-order valence-electron chi connectivity index (χ0n) is 28.4. The number of carbonyl (C=O) groups is 1. The second-order valence-electron chi connectivity index (χ2n) is 13.2. The monoisotopic (exact) mass is 666 g/mol. The molecular formula is C50H34O2. The fraction of sp³-hybridized carbons (Fsp3) is 0.0200. The molecule has 0 bridgehead atoms. The summed E-state index contributed by atoms with van der Waals surface area (Å²) in [6.07, 6.45) is 10.4. The van der Waals surface area contributed by atoms with Gasteiger partial charge in [-0.2, -0.15) is 0 Å². The molecule has 0 aromatic heterocycles. The first kappa shape index (κ1) is 31.2. The number of hydrogen-bond acceptors (Lipinski definition) is 2. The third-order valence-corrected chi connectivity index (χ3v) is 10.1. The summed E-state index contributed by atoms with van der Waals surface area (Å²) >= 11 is 0. The van der Waals surface area contributed by atoms with Gasteiger partial charge in [-0.1, -0.05) is 188 Å². The molecule has 2 heteroatoms. The van der Waals surface area contributed by atoms with Crippen LogP contribution in [0.5, 0.6) is 5.75 Å². The standard InChI is InChI=1S/C50H34O2/c51-48-39(29-30-43(35-17-5-1-6-18-35)36-19-7-2-8-20-36)33-37-21-13-15-27-44(37)46(48)47-45-28-16-14-22-38(45)34-40-31-32-50(52-49(40)47,41-23-9-3-10-24-41)42-25-11-4-12-26-42/h1-34H/b39-29+. The fourth-order valence-corrected chi connectivity index (χ4v) is 7.57. The van der Waals surface area contributed by atoms with E-state index in [1.807, 2.05) is 109 Å². The molecule has 9 rings (SSSR count). The average molecular weight is 667 g/mol. The first-order chi connectivity index (χ1) is 25.7. The number of carbonyl (C=O) groups excluding carboxylic acids is 1. The molecule has 7 aromatic rings. The number of ketones is 1. The number of hydrogen-bond donors (Lipinski definition) is 0. The van der Waals surface area contributed by atoms with E-state index in [2.05, 4.69) is 97.1 Å². The molecule has 0 unspecified atom stereocenters. The van der Waals surface area contributed by atoms with E-state index in [0.29, 0.717) is 16.9 Å². The maximum absolute atomic E-state index is 15.2. The lowest BCUT2D eigenvalue weighted by molar-refractivity contribution is -0.110. The van der Waals surface area contributed by atoms with Gasteiger partial charge in [0.05, 0.1) is 0 Å². The van der Waals surface area contributed by atoms with Crippen molar-refractivity contribution in [3.63, 3.8) is 0 Å². The lowest BCUT2D eigenvalue weighted by Crippen LogP contribution is -2.37. The predicted molar refractivity (Wildman–Crippen MR) is 213 cm³/mol. The van der Waals surface area contributed by atoms with Gasteiger partial charge in [-0.3, -0.25) is 4.79 Å². The molecule has 0 saturated heterocycles. The zero-order chi connectivity index (χ0) is 34.9. The van der Waals surface area contributed by atoms with Crippen LogP contribution >= 0.6 is 0 Å². The van der Waals surface area contributed by atoms with Gasteiger partial charge in [0.15, 0.2) is 11.4 Å². The molecule has 0 radical (unpaired) electrons. The molecule has 0 amide bonds. The van der Waals surface area contributed by atoms with Crippen LogP contribution in [0.25, 0.3) is 34.1 Å². The Hall–Kier alpha value is -6.77. The maximum atomic E-state index is 15.2. The van der Waals surface area contributed by atoms with Gasteiger partial charge in [0.2, 0.25) is 0 Å². The van der Waals surface area contributed by atoms with Crippen molar-refractivity contribution in [1.29, 1.82) is 0 Å². The first-order valence-electron chi connectivity index (χ1n) is 17.6. The van der Waals surface area contributed by atoms with Gasteiger partial charge >= 0.3 is 0 Å². The zero-order valence-corrected chi connectivity index (χ0v) is 28.4. The van der Waals surface area contributed by atoms with Crippen LogP contribution in [0.4, 0.5) is 0 Å². The molecule has 0 atom stereocenters. The summed E-state index contributed by atoms with van der Waals surface area (Å²) in [7, 11) is 0. The Labute approximate surface area is 303 Å². The number of ether oxygens (including phenoxy) is 1. The summed E-state index contributed by atoms with van der Waals surface area (Å²) in [4.78, 5) is 15.2. The van der Waals surface area contributed by atoms with E-state index >= 15 is 4.79 Å². The quantitative estimate of drug-likeness (QED) is 0.165. The van der Waals surface area contributed by atoms with Crippen LogP contribution < -0.4 is 15.2 Å². The van der Waals surface area contributed by atoms with Crippen LogP contribution in [-0.4, -0.2) is 5.78 Å². The Morgan fingerprint density at radius 3 is 1.81 bits per heavy atom. The van der Waals surface area contributed by atoms with Crippen molar-refractivity contribution in [3.05, 3.63) is 244 Å². The second kappa shape index (κ2) is 13.2. The van der Waals surface area contributed by atoms with Crippen LogP contribution in [0.3, 0.4) is 0 Å². The van der Waals surface area contributed by atoms with Crippen LogP contribution in [-0.2, 0) is 10.4 Å². The van der Waals surface area contributed by atoms with E-state index in [1.165, 1.54) is 0 Å². The number of benzene rings is 7. The minimum Gasteiger partial charge on any atom is -0.472 e. The van der Waals surface area contributed by atoms with Crippen molar-refractivity contribution in [3.8, 4) is 5.75 Å². The Kier molecular flexibility index (Phi) is 7.91. The van der Waals surface area contributed by atoms with E-state index in [1.54, 1.807) is 0 Å². The molecule has 52 heavy (non-hydrogen) atoms. The van der Waals surface area contributed by atoms with Gasteiger partial charge in [0.25, 0.3) is 0 Å². The summed E-state index contributed by atoms with van der Waals surface area (Å²) in [5, 5.41) is 3.89. The van der Waals surface area contributed by atoms with Crippen molar-refractivity contribution in [1.82, 2.24) is 0 Å². The molecule has 1 aliphatic heterocycles. The molecule has 0 spiro atoms. The minimum absolute atomic E-state index is 0.0443. The van der Waals surface area contributed by atoms with Gasteiger partial charge in [-0.05, 0) is 56.1 Å². The molecule has 0 fully saturated rings.